The molecule has 0 spiro atoms. The second kappa shape index (κ2) is 6.66. The number of ketones is 1. The average Bonchev–Trinajstić information content (AvgIpc) is 2.27. The minimum Gasteiger partial charge on any atom is -0.465 e. The van der Waals surface area contributed by atoms with E-state index in [0.29, 0.717) is 18.9 Å². The third kappa shape index (κ3) is 3.95. The molecule has 0 saturated heterocycles. The van der Waals surface area contributed by atoms with Crippen LogP contribution in [0.2, 0.25) is 0 Å². The first kappa shape index (κ1) is 13.2. The molecule has 1 atom stereocenters. The van der Waals surface area contributed by atoms with E-state index < -0.39 is 5.92 Å². The predicted octanol–water partition coefficient (Wildman–Crippen LogP) is 2.73. The normalized spacial score (nSPS) is 19.1. The third-order valence-electron chi connectivity index (χ3n) is 3.36. The summed E-state index contributed by atoms with van der Waals surface area (Å²) in [5.74, 6) is -0.375. The molecule has 1 aliphatic carbocycles. The monoisotopic (exact) mass is 226 g/mol. The van der Waals surface area contributed by atoms with Crippen molar-refractivity contribution in [2.45, 2.75) is 52.4 Å². The molecular weight excluding hydrogens is 204 g/mol. The lowest BCUT2D eigenvalue weighted by Gasteiger charge is -2.24. The molecule has 0 aromatic carbocycles. The van der Waals surface area contributed by atoms with E-state index in [1.54, 1.807) is 6.92 Å². The highest BCUT2D eigenvalue weighted by Crippen LogP contribution is 2.29. The number of Topliss-reactive ketones (excluding diaryl/α,β-unsaturated/α-hetero) is 1. The second-order valence-corrected chi connectivity index (χ2v) is 4.66. The molecule has 16 heavy (non-hydrogen) atoms. The Balaban J connectivity index is 2.49. The number of ether oxygens (including phenoxy) is 1. The lowest BCUT2D eigenvalue weighted by molar-refractivity contribution is -0.152. The molecule has 0 unspecified atom stereocenters. The molecule has 3 nitrogen and oxygen atoms in total. The van der Waals surface area contributed by atoms with Gasteiger partial charge in [-0.3, -0.25) is 9.59 Å². The molecule has 1 saturated carbocycles. The van der Waals surface area contributed by atoms with E-state index >= 15 is 0 Å². The summed E-state index contributed by atoms with van der Waals surface area (Å²) in [6.45, 7) is 3.62. The van der Waals surface area contributed by atoms with Gasteiger partial charge in [0.1, 0.15) is 11.7 Å². The minimum absolute atomic E-state index is 0.0518. The summed E-state index contributed by atoms with van der Waals surface area (Å²) < 4.78 is 4.95. The van der Waals surface area contributed by atoms with Crippen LogP contribution in [0.3, 0.4) is 0 Å². The van der Waals surface area contributed by atoms with Gasteiger partial charge in [-0.05, 0) is 26.2 Å². The van der Waals surface area contributed by atoms with Gasteiger partial charge in [0.25, 0.3) is 0 Å². The van der Waals surface area contributed by atoms with Crippen LogP contribution in [0.1, 0.15) is 52.4 Å². The summed E-state index contributed by atoms with van der Waals surface area (Å²) in [5, 5.41) is 0. The van der Waals surface area contributed by atoms with Crippen molar-refractivity contribution in [1.82, 2.24) is 0 Å². The molecule has 0 aromatic heterocycles. The van der Waals surface area contributed by atoms with Crippen molar-refractivity contribution in [3.05, 3.63) is 0 Å². The first-order chi connectivity index (χ1) is 7.65. The van der Waals surface area contributed by atoms with Gasteiger partial charge in [-0.15, -0.1) is 0 Å². The summed E-state index contributed by atoms with van der Waals surface area (Å²) in [6, 6.07) is 0. The van der Waals surface area contributed by atoms with E-state index in [1.165, 1.54) is 26.2 Å². The SMILES string of the molecule is CCOC(=O)[C@H](CC1CCCCC1)C(C)=O. The summed E-state index contributed by atoms with van der Waals surface area (Å²) in [7, 11) is 0. The highest BCUT2D eigenvalue weighted by molar-refractivity contribution is 5.97. The van der Waals surface area contributed by atoms with Gasteiger partial charge in [0, 0.05) is 0 Å². The highest BCUT2D eigenvalue weighted by atomic mass is 16.5. The molecule has 1 rings (SSSR count). The van der Waals surface area contributed by atoms with E-state index in [2.05, 4.69) is 0 Å². The standard InChI is InChI=1S/C13H22O3/c1-3-16-13(15)12(10(2)14)9-11-7-5-4-6-8-11/h11-12H,3-9H2,1-2H3/t12-/m1/s1. The van der Waals surface area contributed by atoms with Gasteiger partial charge in [-0.25, -0.2) is 0 Å². The molecule has 3 heteroatoms. The number of carbonyl (C=O) groups excluding carboxylic acids is 2. The van der Waals surface area contributed by atoms with Gasteiger partial charge in [0.2, 0.25) is 0 Å². The molecule has 0 aromatic rings. The van der Waals surface area contributed by atoms with Gasteiger partial charge in [-0.1, -0.05) is 32.1 Å². The van der Waals surface area contributed by atoms with Crippen LogP contribution in [0.5, 0.6) is 0 Å². The topological polar surface area (TPSA) is 43.4 Å². The highest BCUT2D eigenvalue weighted by Gasteiger charge is 2.28. The summed E-state index contributed by atoms with van der Waals surface area (Å²) in [5.41, 5.74) is 0. The van der Waals surface area contributed by atoms with Crippen molar-refractivity contribution in [2.75, 3.05) is 6.61 Å². The van der Waals surface area contributed by atoms with Crippen LogP contribution >= 0.6 is 0 Å². The van der Waals surface area contributed by atoms with E-state index in [-0.39, 0.29) is 11.8 Å². The Morgan fingerprint density at radius 2 is 1.88 bits per heavy atom. The van der Waals surface area contributed by atoms with Crippen molar-refractivity contribution >= 4 is 11.8 Å². The van der Waals surface area contributed by atoms with E-state index in [9.17, 15) is 9.59 Å². The summed E-state index contributed by atoms with van der Waals surface area (Å²) >= 11 is 0. The Labute approximate surface area is 97.5 Å². The molecule has 0 radical (unpaired) electrons. The Morgan fingerprint density at radius 3 is 2.38 bits per heavy atom. The summed E-state index contributed by atoms with van der Waals surface area (Å²) in [4.78, 5) is 23.0. The largest absolute Gasteiger partial charge is 0.465 e. The van der Waals surface area contributed by atoms with Gasteiger partial charge in [0.05, 0.1) is 6.61 Å². The number of rotatable bonds is 5. The van der Waals surface area contributed by atoms with Crippen LogP contribution in [0.25, 0.3) is 0 Å². The predicted molar refractivity (Wildman–Crippen MR) is 62.0 cm³/mol. The lowest BCUT2D eigenvalue weighted by atomic mass is 9.82. The minimum atomic E-state index is -0.525. The first-order valence-corrected chi connectivity index (χ1v) is 6.32. The number of hydrogen-bond acceptors (Lipinski definition) is 3. The van der Waals surface area contributed by atoms with Crippen LogP contribution in [0.4, 0.5) is 0 Å². The fourth-order valence-corrected chi connectivity index (χ4v) is 2.43. The van der Waals surface area contributed by atoms with Gasteiger partial charge >= 0.3 is 5.97 Å². The molecule has 0 aliphatic heterocycles. The third-order valence-corrected chi connectivity index (χ3v) is 3.36. The van der Waals surface area contributed by atoms with Crippen LogP contribution in [0, 0.1) is 11.8 Å². The van der Waals surface area contributed by atoms with Crippen molar-refractivity contribution in [3.63, 3.8) is 0 Å². The zero-order chi connectivity index (χ0) is 12.0. The Bertz CT molecular complexity index is 242. The van der Waals surface area contributed by atoms with Gasteiger partial charge < -0.3 is 4.74 Å². The fraction of sp³-hybridized carbons (Fsp3) is 0.846. The zero-order valence-electron chi connectivity index (χ0n) is 10.3. The Hall–Kier alpha value is -0.860. The van der Waals surface area contributed by atoms with Crippen LogP contribution < -0.4 is 0 Å². The maximum Gasteiger partial charge on any atom is 0.316 e. The fourth-order valence-electron chi connectivity index (χ4n) is 2.43. The van der Waals surface area contributed by atoms with Crippen molar-refractivity contribution < 1.29 is 14.3 Å². The smallest absolute Gasteiger partial charge is 0.316 e. The van der Waals surface area contributed by atoms with Crippen LogP contribution in [0.15, 0.2) is 0 Å². The zero-order valence-corrected chi connectivity index (χ0v) is 10.3. The molecule has 0 heterocycles. The van der Waals surface area contributed by atoms with Crippen molar-refractivity contribution in [3.8, 4) is 0 Å². The second-order valence-electron chi connectivity index (χ2n) is 4.66. The molecule has 1 aliphatic rings. The average molecular weight is 226 g/mol. The maximum atomic E-state index is 11.6. The molecule has 92 valence electrons. The summed E-state index contributed by atoms with van der Waals surface area (Å²) in [6.07, 6.45) is 6.76. The Kier molecular flexibility index (Phi) is 5.50. The van der Waals surface area contributed by atoms with Gasteiger partial charge in [-0.2, -0.15) is 0 Å². The number of carbonyl (C=O) groups is 2. The molecule has 0 amide bonds. The van der Waals surface area contributed by atoms with Crippen LogP contribution in [-0.2, 0) is 14.3 Å². The van der Waals surface area contributed by atoms with Crippen molar-refractivity contribution in [1.29, 1.82) is 0 Å². The molecule has 0 N–H and O–H groups in total. The molecule has 1 fully saturated rings. The van der Waals surface area contributed by atoms with E-state index in [4.69, 9.17) is 4.74 Å². The van der Waals surface area contributed by atoms with Crippen molar-refractivity contribution in [2.24, 2.45) is 11.8 Å². The molecular formula is C13H22O3. The first-order valence-electron chi connectivity index (χ1n) is 6.32. The Morgan fingerprint density at radius 1 is 1.25 bits per heavy atom. The molecule has 0 bridgehead atoms. The number of esters is 1. The maximum absolute atomic E-state index is 11.6. The number of hydrogen-bond donors (Lipinski definition) is 0. The quantitative estimate of drug-likeness (QED) is 0.534. The van der Waals surface area contributed by atoms with Crippen LogP contribution in [-0.4, -0.2) is 18.4 Å². The van der Waals surface area contributed by atoms with Gasteiger partial charge in [0.15, 0.2) is 0 Å². The van der Waals surface area contributed by atoms with E-state index in [1.807, 2.05) is 0 Å². The lowest BCUT2D eigenvalue weighted by Crippen LogP contribution is -2.27. The van der Waals surface area contributed by atoms with E-state index in [0.717, 1.165) is 12.8 Å².